The van der Waals surface area contributed by atoms with Gasteiger partial charge in [0.15, 0.2) is 12.6 Å². The number of carbonyl (C=O) groups is 1. The first-order chi connectivity index (χ1) is 32.6. The van der Waals surface area contributed by atoms with Gasteiger partial charge in [-0.3, -0.25) is 4.79 Å². The first-order valence-corrected chi connectivity index (χ1v) is 26.2. The van der Waals surface area contributed by atoms with E-state index < -0.39 is 80.7 Å². The highest BCUT2D eigenvalue weighted by molar-refractivity contribution is 5.69. The molecule has 0 aromatic carbocycles. The Balaban J connectivity index is 1.77. The zero-order valence-electron chi connectivity index (χ0n) is 41.4. The summed E-state index contributed by atoms with van der Waals surface area (Å²) in [6.45, 7) is 3.54. The Morgan fingerprint density at radius 1 is 0.507 bits per heavy atom. The summed E-state index contributed by atoms with van der Waals surface area (Å²) in [5, 5.41) is 72.1. The van der Waals surface area contributed by atoms with E-state index in [0.717, 1.165) is 83.5 Å². The van der Waals surface area contributed by atoms with Gasteiger partial charge in [-0.25, -0.2) is 0 Å². The molecular formula is C53H94O14. The molecule has 2 heterocycles. The van der Waals surface area contributed by atoms with Gasteiger partial charge in [-0.1, -0.05) is 152 Å². The predicted molar refractivity (Wildman–Crippen MR) is 261 cm³/mol. The monoisotopic (exact) mass is 955 g/mol. The molecule has 14 nitrogen and oxygen atoms in total. The van der Waals surface area contributed by atoms with E-state index in [-0.39, 0.29) is 25.6 Å². The number of ether oxygens (including phenoxy) is 6. The fraction of sp³-hybridized carbons (Fsp3) is 0.830. The molecule has 11 unspecified atom stereocenters. The summed E-state index contributed by atoms with van der Waals surface area (Å²) in [6, 6.07) is 0. The molecule has 0 aromatic rings. The number of carbonyl (C=O) groups excluding carboxylic acids is 1. The zero-order chi connectivity index (χ0) is 48.7. The van der Waals surface area contributed by atoms with E-state index in [9.17, 15) is 40.5 Å². The topological polar surface area (TPSA) is 214 Å². The van der Waals surface area contributed by atoms with Crippen molar-refractivity contribution in [3.05, 3.63) is 48.6 Å². The van der Waals surface area contributed by atoms with Gasteiger partial charge in [-0.05, 0) is 70.6 Å². The second kappa shape index (κ2) is 40.7. The van der Waals surface area contributed by atoms with Crippen molar-refractivity contribution in [3.63, 3.8) is 0 Å². The van der Waals surface area contributed by atoms with E-state index >= 15 is 0 Å². The smallest absolute Gasteiger partial charge is 0.306 e. The lowest BCUT2D eigenvalue weighted by Crippen LogP contribution is -2.61. The summed E-state index contributed by atoms with van der Waals surface area (Å²) in [5.41, 5.74) is 0. The molecule has 0 aliphatic carbocycles. The van der Waals surface area contributed by atoms with Crippen molar-refractivity contribution in [3.8, 4) is 0 Å². The highest BCUT2D eigenvalue weighted by atomic mass is 16.7. The SMILES string of the molecule is CC/C=C\C/C=C\C/C=C\CCCCCCCCCCOCC(COC1OC(COC2OC(CO)C(O)C(O)C2O)C(O)C(O)C1O)OC(=O)CCCCCCC/C=C\CCCCCCCC. The van der Waals surface area contributed by atoms with Crippen LogP contribution in [-0.4, -0.2) is 142 Å². The number of unbranched alkanes of at least 4 members (excludes halogenated alkanes) is 19. The van der Waals surface area contributed by atoms with Crippen LogP contribution in [0.4, 0.5) is 0 Å². The lowest BCUT2D eigenvalue weighted by atomic mass is 9.98. The average Bonchev–Trinajstić information content (AvgIpc) is 3.32. The summed E-state index contributed by atoms with van der Waals surface area (Å²) in [6.07, 6.45) is 30.2. The Morgan fingerprint density at radius 3 is 1.54 bits per heavy atom. The number of esters is 1. The molecule has 2 fully saturated rings. The van der Waals surface area contributed by atoms with Gasteiger partial charge in [0.05, 0.1) is 26.4 Å². The van der Waals surface area contributed by atoms with Crippen molar-refractivity contribution in [2.45, 2.75) is 248 Å². The molecule has 0 saturated carbocycles. The maximum absolute atomic E-state index is 13.0. The molecule has 2 aliphatic rings. The van der Waals surface area contributed by atoms with Crippen molar-refractivity contribution in [2.75, 3.05) is 33.0 Å². The molecule has 0 amide bonds. The Labute approximate surface area is 403 Å². The third kappa shape index (κ3) is 28.4. The van der Waals surface area contributed by atoms with E-state index in [1.807, 2.05) is 0 Å². The zero-order valence-corrected chi connectivity index (χ0v) is 41.4. The van der Waals surface area contributed by atoms with Crippen LogP contribution in [0.1, 0.15) is 181 Å². The van der Waals surface area contributed by atoms with Gasteiger partial charge in [0.1, 0.15) is 54.9 Å². The minimum Gasteiger partial charge on any atom is -0.457 e. The summed E-state index contributed by atoms with van der Waals surface area (Å²) in [4.78, 5) is 13.0. The third-order valence-electron chi connectivity index (χ3n) is 12.3. The first-order valence-electron chi connectivity index (χ1n) is 26.2. The van der Waals surface area contributed by atoms with E-state index in [4.69, 9.17) is 28.4 Å². The van der Waals surface area contributed by atoms with Gasteiger partial charge < -0.3 is 64.2 Å². The molecular weight excluding hydrogens is 861 g/mol. The maximum atomic E-state index is 13.0. The number of hydrogen-bond donors (Lipinski definition) is 7. The first kappa shape index (κ1) is 61.1. The fourth-order valence-electron chi connectivity index (χ4n) is 8.06. The van der Waals surface area contributed by atoms with Crippen LogP contribution in [-0.2, 0) is 33.2 Å². The quantitative estimate of drug-likeness (QED) is 0.0176. The molecule has 2 saturated heterocycles. The van der Waals surface area contributed by atoms with Gasteiger partial charge in [0.25, 0.3) is 0 Å². The molecule has 0 bridgehead atoms. The second-order valence-electron chi connectivity index (χ2n) is 18.3. The normalized spacial score (nSPS) is 26.5. The minimum atomic E-state index is -1.71. The number of rotatable bonds is 41. The molecule has 2 aliphatic heterocycles. The van der Waals surface area contributed by atoms with Crippen LogP contribution in [0.2, 0.25) is 0 Å². The van der Waals surface area contributed by atoms with Crippen LogP contribution in [0.25, 0.3) is 0 Å². The van der Waals surface area contributed by atoms with Crippen molar-refractivity contribution >= 4 is 5.97 Å². The molecule has 0 radical (unpaired) electrons. The standard InChI is InChI=1S/C53H94O14/c1-3-5-7-9-11-13-15-17-19-20-21-23-25-27-29-31-33-35-37-62-39-42(65-45(55)36-34-32-30-28-26-24-22-18-16-14-12-10-8-6-4-2)40-63-52-51(61)49(59)47(57)44(67-52)41-64-53-50(60)48(58)46(56)43(38-54)66-53/h5,7,11,13,17-19,22,42-44,46-54,56-61H,3-4,6,8-10,12,14-16,20-21,23-41H2,1-2H3/b7-5-,13-11-,19-17-,22-18-. The van der Waals surface area contributed by atoms with Crippen LogP contribution in [0, 0.1) is 0 Å². The van der Waals surface area contributed by atoms with E-state index in [2.05, 4.69) is 62.5 Å². The number of aliphatic hydroxyl groups excluding tert-OH is 7. The maximum Gasteiger partial charge on any atom is 0.306 e. The number of allylic oxidation sites excluding steroid dienone is 8. The summed E-state index contributed by atoms with van der Waals surface area (Å²) < 4.78 is 34.3. The Kier molecular flexibility index (Phi) is 37.1. The third-order valence-corrected chi connectivity index (χ3v) is 12.3. The van der Waals surface area contributed by atoms with Gasteiger partial charge in [0, 0.05) is 13.0 Å². The average molecular weight is 955 g/mol. The Bertz CT molecular complexity index is 1290. The Morgan fingerprint density at radius 2 is 0.970 bits per heavy atom. The number of hydrogen-bond acceptors (Lipinski definition) is 14. The van der Waals surface area contributed by atoms with Crippen molar-refractivity contribution in [1.82, 2.24) is 0 Å². The van der Waals surface area contributed by atoms with Crippen LogP contribution >= 0.6 is 0 Å². The van der Waals surface area contributed by atoms with Crippen molar-refractivity contribution in [2.24, 2.45) is 0 Å². The van der Waals surface area contributed by atoms with Crippen molar-refractivity contribution in [1.29, 1.82) is 0 Å². The van der Waals surface area contributed by atoms with Gasteiger partial charge in [-0.2, -0.15) is 0 Å². The minimum absolute atomic E-state index is 0.0524. The van der Waals surface area contributed by atoms with E-state index in [0.29, 0.717) is 13.0 Å². The lowest BCUT2D eigenvalue weighted by Gasteiger charge is -2.42. The lowest BCUT2D eigenvalue weighted by molar-refractivity contribution is -0.332. The second-order valence-corrected chi connectivity index (χ2v) is 18.3. The summed E-state index contributed by atoms with van der Waals surface area (Å²) in [5.74, 6) is -0.389. The largest absolute Gasteiger partial charge is 0.457 e. The van der Waals surface area contributed by atoms with Gasteiger partial charge in [-0.15, -0.1) is 0 Å². The van der Waals surface area contributed by atoms with Crippen LogP contribution in [0.5, 0.6) is 0 Å². The van der Waals surface area contributed by atoms with Crippen LogP contribution in [0.15, 0.2) is 48.6 Å². The Hall–Kier alpha value is -2.05. The molecule has 67 heavy (non-hydrogen) atoms. The molecule has 14 heteroatoms. The highest BCUT2D eigenvalue weighted by Gasteiger charge is 2.47. The van der Waals surface area contributed by atoms with E-state index in [1.54, 1.807) is 0 Å². The molecule has 7 N–H and O–H groups in total. The van der Waals surface area contributed by atoms with Gasteiger partial charge >= 0.3 is 5.97 Å². The predicted octanol–water partition coefficient (Wildman–Crippen LogP) is 7.96. The molecule has 0 spiro atoms. The van der Waals surface area contributed by atoms with Crippen molar-refractivity contribution < 1.29 is 69.0 Å². The van der Waals surface area contributed by atoms with E-state index in [1.165, 1.54) is 70.6 Å². The van der Waals surface area contributed by atoms with Gasteiger partial charge in [0.2, 0.25) is 0 Å². The summed E-state index contributed by atoms with van der Waals surface area (Å²) in [7, 11) is 0. The van der Waals surface area contributed by atoms with Crippen LogP contribution in [0.3, 0.4) is 0 Å². The molecule has 0 aromatic heterocycles. The highest BCUT2D eigenvalue weighted by Crippen LogP contribution is 2.26. The molecule has 390 valence electrons. The molecule has 2 rings (SSSR count). The number of aliphatic hydroxyl groups is 7. The molecule has 11 atom stereocenters. The summed E-state index contributed by atoms with van der Waals surface area (Å²) >= 11 is 0. The van der Waals surface area contributed by atoms with Crippen LogP contribution < -0.4 is 0 Å². The fourth-order valence-corrected chi connectivity index (χ4v) is 8.06.